The maximum Gasteiger partial charge on any atom is 0.293 e. The molecule has 1 atom stereocenters. The fourth-order valence-electron chi connectivity index (χ4n) is 3.15. The molecule has 1 fully saturated rings. The number of nitro benzene ring substituents is 1. The van der Waals surface area contributed by atoms with Gasteiger partial charge in [0.2, 0.25) is 5.91 Å². The van der Waals surface area contributed by atoms with Gasteiger partial charge in [-0.3, -0.25) is 34.2 Å². The van der Waals surface area contributed by atoms with Crippen LogP contribution >= 0.6 is 34.7 Å². The van der Waals surface area contributed by atoms with E-state index in [1.165, 1.54) is 17.4 Å². The number of nitrogens with one attached hydrogen (secondary N) is 2. The topological polar surface area (TPSA) is 139 Å². The Morgan fingerprint density at radius 3 is 2.60 bits per heavy atom. The summed E-state index contributed by atoms with van der Waals surface area (Å²) in [4.78, 5) is 62.7. The van der Waals surface area contributed by atoms with E-state index in [2.05, 4.69) is 10.6 Å². The van der Waals surface area contributed by atoms with Crippen LogP contribution in [-0.2, 0) is 9.59 Å². The molecule has 0 aliphatic carbocycles. The minimum absolute atomic E-state index is 0.000529. The van der Waals surface area contributed by atoms with E-state index in [4.69, 9.17) is 11.6 Å². The summed E-state index contributed by atoms with van der Waals surface area (Å²) in [6, 6.07) is 6.16. The molecular formula is C22H21ClN4O6S2. The molecule has 3 rings (SSSR count). The van der Waals surface area contributed by atoms with Crippen LogP contribution in [0.3, 0.4) is 0 Å². The average Bonchev–Trinajstić information content (AvgIpc) is 3.40. The van der Waals surface area contributed by atoms with E-state index < -0.39 is 33.9 Å². The molecule has 35 heavy (non-hydrogen) atoms. The number of nitrogens with zero attached hydrogens (tertiary/aromatic N) is 2. The second-order valence-electron chi connectivity index (χ2n) is 7.76. The van der Waals surface area contributed by atoms with E-state index in [0.29, 0.717) is 4.91 Å². The molecular weight excluding hydrogens is 516 g/mol. The van der Waals surface area contributed by atoms with Gasteiger partial charge in [-0.1, -0.05) is 31.5 Å². The van der Waals surface area contributed by atoms with Crippen molar-refractivity contribution in [3.8, 4) is 0 Å². The van der Waals surface area contributed by atoms with Gasteiger partial charge in [-0.2, -0.15) is 0 Å². The van der Waals surface area contributed by atoms with Gasteiger partial charge in [-0.05, 0) is 41.3 Å². The number of nitro groups is 1. The summed E-state index contributed by atoms with van der Waals surface area (Å²) >= 11 is 8.30. The number of carbonyl (C=O) groups is 4. The van der Waals surface area contributed by atoms with Crippen molar-refractivity contribution in [1.82, 2.24) is 15.5 Å². The highest BCUT2D eigenvalue weighted by Gasteiger charge is 2.35. The summed E-state index contributed by atoms with van der Waals surface area (Å²) in [6.45, 7) is 3.44. The molecule has 1 aliphatic heterocycles. The highest BCUT2D eigenvalue weighted by molar-refractivity contribution is 8.18. The number of thiophene rings is 1. The number of carbonyl (C=O) groups excluding carboxylic acids is 4. The maximum atomic E-state index is 12.7. The van der Waals surface area contributed by atoms with Crippen molar-refractivity contribution in [3.63, 3.8) is 0 Å². The molecule has 4 amide bonds. The molecule has 1 aromatic heterocycles. The molecule has 0 unspecified atom stereocenters. The van der Waals surface area contributed by atoms with E-state index in [-0.39, 0.29) is 35.3 Å². The number of benzene rings is 1. The molecule has 1 aromatic carbocycles. The molecule has 1 saturated heterocycles. The SMILES string of the molecule is CC(C)[C@H](NC(=O)c1ccc([N+](=O)[O-])cc1Cl)C(=O)NCCN1C(=O)S/C(=C\c2cccs2)C1=O. The van der Waals surface area contributed by atoms with Gasteiger partial charge in [0, 0.05) is 30.1 Å². The highest BCUT2D eigenvalue weighted by Crippen LogP contribution is 2.32. The Kier molecular flexibility index (Phi) is 8.65. The number of non-ortho nitro benzene ring substituents is 1. The molecule has 0 bridgehead atoms. The third kappa shape index (κ3) is 6.47. The Hall–Kier alpha value is -3.22. The van der Waals surface area contributed by atoms with Crippen LogP contribution in [0.2, 0.25) is 5.02 Å². The fraction of sp³-hybridized carbons (Fsp3) is 0.273. The first kappa shape index (κ1) is 26.4. The van der Waals surface area contributed by atoms with Crippen molar-refractivity contribution >= 4 is 69.4 Å². The monoisotopic (exact) mass is 536 g/mol. The number of halogens is 1. The highest BCUT2D eigenvalue weighted by atomic mass is 35.5. The van der Waals surface area contributed by atoms with Gasteiger partial charge in [0.05, 0.1) is 20.4 Å². The first-order valence-electron chi connectivity index (χ1n) is 10.4. The predicted molar refractivity (Wildman–Crippen MR) is 134 cm³/mol. The summed E-state index contributed by atoms with van der Waals surface area (Å²) in [5, 5.41) is 17.4. The zero-order valence-electron chi connectivity index (χ0n) is 18.6. The molecule has 0 spiro atoms. The zero-order valence-corrected chi connectivity index (χ0v) is 21.0. The number of rotatable bonds is 9. The van der Waals surface area contributed by atoms with Crippen LogP contribution in [0, 0.1) is 16.0 Å². The summed E-state index contributed by atoms with van der Waals surface area (Å²) < 4.78 is 0. The van der Waals surface area contributed by atoms with Crippen molar-refractivity contribution < 1.29 is 24.1 Å². The lowest BCUT2D eigenvalue weighted by molar-refractivity contribution is -0.384. The smallest absolute Gasteiger partial charge is 0.293 e. The molecule has 0 radical (unpaired) electrons. The summed E-state index contributed by atoms with van der Waals surface area (Å²) in [7, 11) is 0. The van der Waals surface area contributed by atoms with Gasteiger partial charge in [-0.25, -0.2) is 0 Å². The molecule has 0 saturated carbocycles. The summed E-state index contributed by atoms with van der Waals surface area (Å²) in [5.41, 5.74) is -0.270. The average molecular weight is 537 g/mol. The number of hydrogen-bond acceptors (Lipinski definition) is 8. The van der Waals surface area contributed by atoms with E-state index >= 15 is 0 Å². The maximum absolute atomic E-state index is 12.7. The second kappa shape index (κ2) is 11.5. The lowest BCUT2D eigenvalue weighted by Gasteiger charge is -2.22. The minimum atomic E-state index is -0.942. The van der Waals surface area contributed by atoms with Crippen LogP contribution in [0.15, 0.2) is 40.6 Å². The second-order valence-corrected chi connectivity index (χ2v) is 10.1. The zero-order chi connectivity index (χ0) is 25.7. The van der Waals surface area contributed by atoms with E-state index in [9.17, 15) is 29.3 Å². The predicted octanol–water partition coefficient (Wildman–Crippen LogP) is 3.92. The van der Waals surface area contributed by atoms with E-state index in [1.807, 2.05) is 17.5 Å². The number of imide groups is 1. The number of amides is 4. The van der Waals surface area contributed by atoms with Crippen LogP contribution in [0.25, 0.3) is 6.08 Å². The number of hydrogen-bond donors (Lipinski definition) is 2. The van der Waals surface area contributed by atoms with Crippen molar-refractivity contribution in [1.29, 1.82) is 0 Å². The summed E-state index contributed by atoms with van der Waals surface area (Å²) in [5.74, 6) is -1.90. The van der Waals surface area contributed by atoms with Crippen LogP contribution in [0.1, 0.15) is 29.1 Å². The Morgan fingerprint density at radius 2 is 2.00 bits per heavy atom. The van der Waals surface area contributed by atoms with Gasteiger partial charge >= 0.3 is 0 Å². The Bertz CT molecular complexity index is 1200. The summed E-state index contributed by atoms with van der Waals surface area (Å²) in [6.07, 6.45) is 1.65. The van der Waals surface area contributed by atoms with Crippen molar-refractivity contribution in [2.75, 3.05) is 13.1 Å². The molecule has 10 nitrogen and oxygen atoms in total. The van der Waals surface area contributed by atoms with Crippen molar-refractivity contribution in [2.45, 2.75) is 19.9 Å². The standard InChI is InChI=1S/C22H21ClN4O6S2/c1-12(2)18(25-19(28)15-6-5-13(27(32)33)10-16(15)23)20(29)24-7-8-26-21(30)17(35-22(26)31)11-14-4-3-9-34-14/h3-6,9-12,18H,7-8H2,1-2H3,(H,24,29)(H,25,28)/b17-11-/t18-/m0/s1. The van der Waals surface area contributed by atoms with Gasteiger partial charge in [0.25, 0.3) is 22.7 Å². The largest absolute Gasteiger partial charge is 0.353 e. The normalized spacial score (nSPS) is 15.5. The first-order chi connectivity index (χ1) is 16.6. The Morgan fingerprint density at radius 1 is 1.26 bits per heavy atom. The van der Waals surface area contributed by atoms with Crippen molar-refractivity contribution in [3.05, 3.63) is 66.2 Å². The van der Waals surface area contributed by atoms with Crippen LogP contribution in [-0.4, -0.2) is 51.9 Å². The van der Waals surface area contributed by atoms with Gasteiger partial charge in [0.15, 0.2) is 0 Å². The molecule has 2 N–H and O–H groups in total. The lowest BCUT2D eigenvalue weighted by Crippen LogP contribution is -2.51. The van der Waals surface area contributed by atoms with Crippen LogP contribution < -0.4 is 10.6 Å². The fourth-order valence-corrected chi connectivity index (χ4v) is 5.00. The van der Waals surface area contributed by atoms with Crippen molar-refractivity contribution in [2.24, 2.45) is 5.92 Å². The quantitative estimate of drug-likeness (QED) is 0.281. The van der Waals surface area contributed by atoms with E-state index in [1.54, 1.807) is 19.9 Å². The molecule has 184 valence electrons. The third-order valence-electron chi connectivity index (χ3n) is 4.97. The van der Waals surface area contributed by atoms with E-state index in [0.717, 1.165) is 33.7 Å². The van der Waals surface area contributed by atoms with Gasteiger partial charge in [0.1, 0.15) is 6.04 Å². The molecule has 13 heteroatoms. The molecule has 2 heterocycles. The number of thioether (sulfide) groups is 1. The van der Waals surface area contributed by atoms with Gasteiger partial charge < -0.3 is 10.6 Å². The Balaban J connectivity index is 1.58. The minimum Gasteiger partial charge on any atom is -0.353 e. The molecule has 2 aromatic rings. The van der Waals surface area contributed by atoms with Crippen LogP contribution in [0.5, 0.6) is 0 Å². The third-order valence-corrected chi connectivity index (χ3v) is 7.01. The lowest BCUT2D eigenvalue weighted by atomic mass is 10.0. The first-order valence-corrected chi connectivity index (χ1v) is 12.5. The Labute approximate surface area is 213 Å². The molecule has 1 aliphatic rings. The van der Waals surface area contributed by atoms with Crippen LogP contribution in [0.4, 0.5) is 10.5 Å². The van der Waals surface area contributed by atoms with Gasteiger partial charge in [-0.15, -0.1) is 11.3 Å².